The molecule has 1 fully saturated rings. The van der Waals surface area contributed by atoms with Gasteiger partial charge in [0.15, 0.2) is 0 Å². The summed E-state index contributed by atoms with van der Waals surface area (Å²) in [6.07, 6.45) is 3.06. The molecule has 1 aliphatic heterocycles. The predicted molar refractivity (Wildman–Crippen MR) is 90.2 cm³/mol. The molecule has 0 spiro atoms. The van der Waals surface area contributed by atoms with Crippen molar-refractivity contribution in [2.75, 3.05) is 25.5 Å². The molecule has 8 heteroatoms. The summed E-state index contributed by atoms with van der Waals surface area (Å²) in [6, 6.07) is 1.32. The van der Waals surface area contributed by atoms with Gasteiger partial charge in [0.25, 0.3) is 0 Å². The monoisotopic (exact) mass is 336 g/mol. The third kappa shape index (κ3) is 4.19. The molecule has 1 aliphatic rings. The number of piperidine rings is 1. The summed E-state index contributed by atoms with van der Waals surface area (Å²) in [4.78, 5) is 28.7. The molecule has 0 bridgehead atoms. The highest BCUT2D eigenvalue weighted by Gasteiger charge is 2.28. The highest BCUT2D eigenvalue weighted by Crippen LogP contribution is 2.27. The van der Waals surface area contributed by atoms with Gasteiger partial charge >= 0.3 is 11.7 Å². The highest BCUT2D eigenvalue weighted by molar-refractivity contribution is 5.90. The SMILES string of the molecule is COC(=O)c1cnc(NC2CCN(C(C)(C)C)CC2)c([N+](=O)[O-])c1. The van der Waals surface area contributed by atoms with Crippen LogP contribution >= 0.6 is 0 Å². The van der Waals surface area contributed by atoms with Gasteiger partial charge in [-0.05, 0) is 33.6 Å². The van der Waals surface area contributed by atoms with Crippen molar-refractivity contribution in [3.8, 4) is 0 Å². The molecule has 0 unspecified atom stereocenters. The first-order valence-corrected chi connectivity index (χ1v) is 7.96. The van der Waals surface area contributed by atoms with E-state index in [-0.39, 0.29) is 28.6 Å². The predicted octanol–water partition coefficient (Wildman–Crippen LogP) is 2.45. The summed E-state index contributed by atoms with van der Waals surface area (Å²) in [5, 5.41) is 14.4. The van der Waals surface area contributed by atoms with Gasteiger partial charge in [0.05, 0.1) is 17.6 Å². The van der Waals surface area contributed by atoms with Crippen molar-refractivity contribution in [1.82, 2.24) is 9.88 Å². The van der Waals surface area contributed by atoms with Crippen molar-refractivity contribution < 1.29 is 14.5 Å². The number of methoxy groups -OCH3 is 1. The van der Waals surface area contributed by atoms with Gasteiger partial charge in [0.1, 0.15) is 0 Å². The molecule has 1 aromatic rings. The van der Waals surface area contributed by atoms with Crippen molar-refractivity contribution in [3.05, 3.63) is 27.9 Å². The zero-order valence-corrected chi connectivity index (χ0v) is 14.5. The van der Waals surface area contributed by atoms with Crippen LogP contribution in [0.4, 0.5) is 11.5 Å². The zero-order chi connectivity index (χ0) is 17.9. The van der Waals surface area contributed by atoms with Crippen LogP contribution in [0, 0.1) is 10.1 Å². The van der Waals surface area contributed by atoms with E-state index in [1.54, 1.807) is 0 Å². The summed E-state index contributed by atoms with van der Waals surface area (Å²) < 4.78 is 4.58. The van der Waals surface area contributed by atoms with Gasteiger partial charge in [-0.3, -0.25) is 15.0 Å². The van der Waals surface area contributed by atoms with E-state index in [1.807, 2.05) is 0 Å². The van der Waals surface area contributed by atoms with E-state index in [0.717, 1.165) is 25.9 Å². The van der Waals surface area contributed by atoms with Crippen LogP contribution in [-0.4, -0.2) is 52.6 Å². The Bertz CT molecular complexity index is 619. The van der Waals surface area contributed by atoms with E-state index in [9.17, 15) is 14.9 Å². The molecule has 0 atom stereocenters. The molecule has 1 aromatic heterocycles. The normalized spacial score (nSPS) is 16.7. The Balaban J connectivity index is 2.10. The molecule has 0 aliphatic carbocycles. The second-order valence-corrected chi connectivity index (χ2v) is 6.92. The molecule has 0 amide bonds. The lowest BCUT2D eigenvalue weighted by Gasteiger charge is -2.41. The molecular formula is C16H24N4O4. The Morgan fingerprint density at radius 1 is 1.42 bits per heavy atom. The molecule has 1 N–H and O–H groups in total. The smallest absolute Gasteiger partial charge is 0.339 e. The van der Waals surface area contributed by atoms with Crippen molar-refractivity contribution in [3.63, 3.8) is 0 Å². The average molecular weight is 336 g/mol. The minimum atomic E-state index is -0.643. The van der Waals surface area contributed by atoms with Crippen molar-refractivity contribution in [1.29, 1.82) is 0 Å². The average Bonchev–Trinajstić information content (AvgIpc) is 2.54. The topological polar surface area (TPSA) is 97.6 Å². The lowest BCUT2D eigenvalue weighted by molar-refractivity contribution is -0.384. The van der Waals surface area contributed by atoms with Gasteiger partial charge < -0.3 is 10.1 Å². The fourth-order valence-electron chi connectivity index (χ4n) is 2.82. The summed E-state index contributed by atoms with van der Waals surface area (Å²) in [5.41, 5.74) is -0.0226. The van der Waals surface area contributed by atoms with Crippen LogP contribution < -0.4 is 5.32 Å². The first kappa shape index (κ1) is 18.1. The number of carbonyl (C=O) groups is 1. The maximum absolute atomic E-state index is 11.5. The van der Waals surface area contributed by atoms with Crippen LogP contribution in [-0.2, 0) is 4.74 Å². The van der Waals surface area contributed by atoms with E-state index in [1.165, 1.54) is 19.4 Å². The number of aromatic nitrogens is 1. The Labute approximate surface area is 141 Å². The number of nitrogens with one attached hydrogen (secondary N) is 1. The van der Waals surface area contributed by atoms with Gasteiger partial charge in [-0.1, -0.05) is 0 Å². The van der Waals surface area contributed by atoms with Crippen LogP contribution in [0.25, 0.3) is 0 Å². The lowest BCUT2D eigenvalue weighted by atomic mass is 9.98. The quantitative estimate of drug-likeness (QED) is 0.512. The van der Waals surface area contributed by atoms with Crippen LogP contribution in [0.1, 0.15) is 44.0 Å². The Hall–Kier alpha value is -2.22. The van der Waals surface area contributed by atoms with Gasteiger partial charge in [0.2, 0.25) is 5.82 Å². The third-order valence-electron chi connectivity index (χ3n) is 4.27. The molecule has 132 valence electrons. The van der Waals surface area contributed by atoms with Crippen LogP contribution in [0.5, 0.6) is 0 Å². The van der Waals surface area contributed by atoms with Crippen LogP contribution in [0.2, 0.25) is 0 Å². The lowest BCUT2D eigenvalue weighted by Crippen LogP contribution is -2.48. The maximum atomic E-state index is 11.5. The number of ether oxygens (including phenoxy) is 1. The molecule has 0 radical (unpaired) electrons. The Morgan fingerprint density at radius 3 is 2.54 bits per heavy atom. The van der Waals surface area contributed by atoms with Crippen molar-refractivity contribution >= 4 is 17.5 Å². The molecule has 2 heterocycles. The number of nitro groups is 1. The minimum Gasteiger partial charge on any atom is -0.465 e. The molecular weight excluding hydrogens is 312 g/mol. The standard InChI is InChI=1S/C16H24N4O4/c1-16(2,3)19-7-5-12(6-8-19)18-14-13(20(22)23)9-11(10-17-14)15(21)24-4/h9-10,12H,5-8H2,1-4H3,(H,17,18). The second-order valence-electron chi connectivity index (χ2n) is 6.92. The van der Waals surface area contributed by atoms with Crippen molar-refractivity contribution in [2.24, 2.45) is 0 Å². The molecule has 8 nitrogen and oxygen atoms in total. The maximum Gasteiger partial charge on any atom is 0.339 e. The first-order valence-electron chi connectivity index (χ1n) is 7.96. The number of rotatable bonds is 4. The fraction of sp³-hybridized carbons (Fsp3) is 0.625. The van der Waals surface area contributed by atoms with E-state index in [4.69, 9.17) is 0 Å². The second kappa shape index (κ2) is 7.12. The molecule has 2 rings (SSSR count). The molecule has 1 saturated heterocycles. The summed E-state index contributed by atoms with van der Waals surface area (Å²) in [5.74, 6) is -0.447. The Morgan fingerprint density at radius 2 is 2.04 bits per heavy atom. The largest absolute Gasteiger partial charge is 0.465 e. The number of likely N-dealkylation sites (tertiary alicyclic amines) is 1. The zero-order valence-electron chi connectivity index (χ0n) is 14.5. The van der Waals surface area contributed by atoms with Crippen molar-refractivity contribution in [2.45, 2.75) is 45.2 Å². The van der Waals surface area contributed by atoms with E-state index < -0.39 is 10.9 Å². The van der Waals surface area contributed by atoms with E-state index in [2.05, 4.69) is 40.7 Å². The fourth-order valence-corrected chi connectivity index (χ4v) is 2.82. The van der Waals surface area contributed by atoms with Gasteiger partial charge in [-0.15, -0.1) is 0 Å². The summed E-state index contributed by atoms with van der Waals surface area (Å²) in [7, 11) is 1.23. The minimum absolute atomic E-state index is 0.0669. The highest BCUT2D eigenvalue weighted by atomic mass is 16.6. The first-order chi connectivity index (χ1) is 11.2. The van der Waals surface area contributed by atoms with Gasteiger partial charge in [-0.25, -0.2) is 9.78 Å². The number of hydrogen-bond donors (Lipinski definition) is 1. The van der Waals surface area contributed by atoms with Gasteiger partial charge in [0, 0.05) is 36.9 Å². The third-order valence-corrected chi connectivity index (χ3v) is 4.27. The van der Waals surface area contributed by atoms with Crippen LogP contribution in [0.15, 0.2) is 12.3 Å². The molecule has 24 heavy (non-hydrogen) atoms. The summed E-state index contributed by atoms with van der Waals surface area (Å²) in [6.45, 7) is 8.39. The number of nitrogens with zero attached hydrogens (tertiary/aromatic N) is 3. The van der Waals surface area contributed by atoms with E-state index >= 15 is 0 Å². The van der Waals surface area contributed by atoms with Crippen LogP contribution in [0.3, 0.4) is 0 Å². The number of anilines is 1. The Kier molecular flexibility index (Phi) is 5.38. The van der Waals surface area contributed by atoms with E-state index in [0.29, 0.717) is 0 Å². The summed E-state index contributed by atoms with van der Waals surface area (Å²) >= 11 is 0. The molecule has 0 aromatic carbocycles. The number of carbonyl (C=O) groups excluding carboxylic acids is 1. The number of esters is 1. The number of hydrogen-bond acceptors (Lipinski definition) is 7. The number of pyridine rings is 1. The molecule has 0 saturated carbocycles. The van der Waals surface area contributed by atoms with Gasteiger partial charge in [-0.2, -0.15) is 0 Å².